The lowest BCUT2D eigenvalue weighted by Crippen LogP contribution is -2.15. The Kier molecular flexibility index (Phi) is 3.67. The quantitative estimate of drug-likeness (QED) is 0.633. The number of sulfonamides is 1. The molecule has 3 aromatic rings. The van der Waals surface area contributed by atoms with Crippen LogP contribution >= 0.6 is 0 Å². The van der Waals surface area contributed by atoms with E-state index < -0.39 is 10.0 Å². The molecule has 0 atom stereocenters. The Hall–Kier alpha value is -3.00. The first-order valence-corrected chi connectivity index (χ1v) is 8.16. The molecule has 8 heteroatoms. The molecule has 0 radical (unpaired) electrons. The Bertz CT molecular complexity index is 916. The van der Waals surface area contributed by atoms with E-state index in [0.717, 1.165) is 0 Å². The molecule has 0 spiro atoms. The van der Waals surface area contributed by atoms with Crippen LogP contribution in [0.1, 0.15) is 0 Å². The van der Waals surface area contributed by atoms with Gasteiger partial charge in [-0.2, -0.15) is 5.10 Å². The summed E-state index contributed by atoms with van der Waals surface area (Å²) in [5, 5.41) is 13.4. The molecule has 0 aliphatic rings. The van der Waals surface area contributed by atoms with Crippen LogP contribution in [0.25, 0.3) is 5.69 Å². The summed E-state index contributed by atoms with van der Waals surface area (Å²) < 4.78 is 28.7. The van der Waals surface area contributed by atoms with Gasteiger partial charge in [0.25, 0.3) is 10.0 Å². The van der Waals surface area contributed by atoms with Gasteiger partial charge in [-0.25, -0.2) is 13.1 Å². The van der Waals surface area contributed by atoms with Gasteiger partial charge in [-0.15, -0.1) is 0 Å². The van der Waals surface area contributed by atoms with Crippen molar-refractivity contribution in [2.24, 2.45) is 0 Å². The smallest absolute Gasteiger partial charge is 0.263 e. The highest BCUT2D eigenvalue weighted by molar-refractivity contribution is 7.92. The molecule has 3 rings (SSSR count). The second-order valence-corrected chi connectivity index (χ2v) is 6.50. The summed E-state index contributed by atoms with van der Waals surface area (Å²) in [6.07, 6.45) is 1.48. The third-order valence-corrected chi connectivity index (χ3v) is 4.54. The summed E-state index contributed by atoms with van der Waals surface area (Å²) in [6.45, 7) is 0. The van der Waals surface area contributed by atoms with Gasteiger partial charge in [-0.05, 0) is 48.5 Å². The summed E-state index contributed by atoms with van der Waals surface area (Å²) in [5.41, 5.74) is 6.67. The maximum Gasteiger partial charge on any atom is 0.263 e. The third kappa shape index (κ3) is 3.11. The van der Waals surface area contributed by atoms with E-state index in [1.807, 2.05) is 0 Å². The molecule has 0 saturated heterocycles. The van der Waals surface area contributed by atoms with Gasteiger partial charge in [0, 0.05) is 11.8 Å². The first-order chi connectivity index (χ1) is 11.0. The van der Waals surface area contributed by atoms with Crippen molar-refractivity contribution < 1.29 is 13.5 Å². The Labute approximate surface area is 133 Å². The van der Waals surface area contributed by atoms with Crippen LogP contribution in [0, 0.1) is 0 Å². The lowest BCUT2D eigenvalue weighted by atomic mass is 10.3. The van der Waals surface area contributed by atoms with Crippen LogP contribution in [0.3, 0.4) is 0 Å². The fraction of sp³-hybridized carbons (Fsp3) is 0. The Balaban J connectivity index is 1.93. The van der Waals surface area contributed by atoms with Crippen LogP contribution < -0.4 is 10.5 Å². The second kappa shape index (κ2) is 5.65. The number of hydrogen-bond acceptors (Lipinski definition) is 5. The van der Waals surface area contributed by atoms with Crippen molar-refractivity contribution in [3.63, 3.8) is 0 Å². The Morgan fingerprint density at radius 3 is 2.30 bits per heavy atom. The van der Waals surface area contributed by atoms with Gasteiger partial charge in [0.2, 0.25) is 0 Å². The van der Waals surface area contributed by atoms with Crippen LogP contribution in [0.15, 0.2) is 65.7 Å². The monoisotopic (exact) mass is 330 g/mol. The van der Waals surface area contributed by atoms with Crippen molar-refractivity contribution in [3.05, 3.63) is 60.8 Å². The number of rotatable bonds is 4. The summed E-state index contributed by atoms with van der Waals surface area (Å²) in [4.78, 5) is 0.102. The molecular weight excluding hydrogens is 316 g/mol. The van der Waals surface area contributed by atoms with E-state index in [2.05, 4.69) is 9.82 Å². The van der Waals surface area contributed by atoms with E-state index in [0.29, 0.717) is 11.4 Å². The van der Waals surface area contributed by atoms with E-state index >= 15 is 0 Å². The van der Waals surface area contributed by atoms with E-state index in [4.69, 9.17) is 5.73 Å². The van der Waals surface area contributed by atoms with E-state index in [1.165, 1.54) is 47.3 Å². The summed E-state index contributed by atoms with van der Waals surface area (Å²) in [5.74, 6) is 0.400. The topological polar surface area (TPSA) is 110 Å². The molecule has 0 bridgehead atoms. The van der Waals surface area contributed by atoms with Gasteiger partial charge in [-0.3, -0.25) is 4.72 Å². The lowest BCUT2D eigenvalue weighted by molar-refractivity contribution is 0.475. The normalized spacial score (nSPS) is 11.3. The van der Waals surface area contributed by atoms with Gasteiger partial charge in [0.15, 0.2) is 0 Å². The molecule has 118 valence electrons. The molecule has 0 aliphatic heterocycles. The standard InChI is InChI=1S/C15H14N4O3S/c16-11-1-7-14(8-2-11)23(21,22)18-15-9-10-17-19(15)12-3-5-13(20)6-4-12/h1-10,18,20H,16H2. The number of aromatic hydroxyl groups is 1. The first kappa shape index (κ1) is 14.9. The molecule has 0 unspecified atom stereocenters. The zero-order valence-electron chi connectivity index (χ0n) is 11.9. The van der Waals surface area contributed by atoms with Gasteiger partial charge in [-0.1, -0.05) is 0 Å². The number of anilines is 2. The number of phenolic OH excluding ortho intramolecular Hbond substituents is 1. The van der Waals surface area contributed by atoms with Crippen molar-refractivity contribution in [3.8, 4) is 11.4 Å². The predicted molar refractivity (Wildman–Crippen MR) is 86.9 cm³/mol. The van der Waals surface area contributed by atoms with Crippen molar-refractivity contribution in [1.29, 1.82) is 0 Å². The molecule has 2 aromatic carbocycles. The predicted octanol–water partition coefficient (Wildman–Crippen LogP) is 1.96. The average Bonchev–Trinajstić information content (AvgIpc) is 2.96. The average molecular weight is 330 g/mol. The second-order valence-electron chi connectivity index (χ2n) is 4.82. The molecule has 1 aromatic heterocycles. The Morgan fingerprint density at radius 2 is 1.65 bits per heavy atom. The first-order valence-electron chi connectivity index (χ1n) is 6.67. The fourth-order valence-electron chi connectivity index (χ4n) is 2.02. The van der Waals surface area contributed by atoms with E-state index in [-0.39, 0.29) is 16.5 Å². The van der Waals surface area contributed by atoms with E-state index in [1.54, 1.807) is 18.2 Å². The highest BCUT2D eigenvalue weighted by atomic mass is 32.2. The third-order valence-electron chi connectivity index (χ3n) is 3.17. The maximum atomic E-state index is 12.4. The molecule has 0 fully saturated rings. The van der Waals surface area contributed by atoms with Gasteiger partial charge in [0.05, 0.1) is 16.8 Å². The highest BCUT2D eigenvalue weighted by Crippen LogP contribution is 2.21. The molecular formula is C15H14N4O3S. The van der Waals surface area contributed by atoms with Crippen molar-refractivity contribution in [2.45, 2.75) is 4.90 Å². The van der Waals surface area contributed by atoms with Crippen molar-refractivity contribution >= 4 is 21.5 Å². The maximum absolute atomic E-state index is 12.4. The Morgan fingerprint density at radius 1 is 1.00 bits per heavy atom. The van der Waals surface area contributed by atoms with E-state index in [9.17, 15) is 13.5 Å². The molecule has 23 heavy (non-hydrogen) atoms. The van der Waals surface area contributed by atoms with Crippen LogP contribution in [-0.4, -0.2) is 23.3 Å². The summed E-state index contributed by atoms with van der Waals surface area (Å²) >= 11 is 0. The van der Waals surface area contributed by atoms with Crippen molar-refractivity contribution in [1.82, 2.24) is 9.78 Å². The number of nitrogens with zero attached hydrogens (tertiary/aromatic N) is 2. The number of hydrogen-bond donors (Lipinski definition) is 3. The molecule has 4 N–H and O–H groups in total. The molecule has 1 heterocycles. The lowest BCUT2D eigenvalue weighted by Gasteiger charge is -2.11. The molecule has 7 nitrogen and oxygen atoms in total. The minimum absolute atomic E-state index is 0.102. The van der Waals surface area contributed by atoms with Crippen LogP contribution in [-0.2, 0) is 10.0 Å². The van der Waals surface area contributed by atoms with Gasteiger partial charge >= 0.3 is 0 Å². The minimum Gasteiger partial charge on any atom is -0.508 e. The zero-order valence-corrected chi connectivity index (χ0v) is 12.7. The van der Waals surface area contributed by atoms with Crippen LogP contribution in [0.2, 0.25) is 0 Å². The number of nitrogens with one attached hydrogen (secondary N) is 1. The van der Waals surface area contributed by atoms with Crippen molar-refractivity contribution in [2.75, 3.05) is 10.5 Å². The number of aromatic nitrogens is 2. The zero-order chi connectivity index (χ0) is 16.4. The van der Waals surface area contributed by atoms with Crippen LogP contribution in [0.5, 0.6) is 5.75 Å². The SMILES string of the molecule is Nc1ccc(S(=O)(=O)Nc2ccnn2-c2ccc(O)cc2)cc1. The number of nitrogen functional groups attached to an aromatic ring is 1. The number of phenols is 1. The largest absolute Gasteiger partial charge is 0.508 e. The minimum atomic E-state index is -3.75. The molecule has 0 aliphatic carbocycles. The van der Waals surface area contributed by atoms with Crippen LogP contribution in [0.4, 0.5) is 11.5 Å². The summed E-state index contributed by atoms with van der Waals surface area (Å²) in [7, 11) is -3.75. The number of benzene rings is 2. The fourth-order valence-corrected chi connectivity index (χ4v) is 3.07. The van der Waals surface area contributed by atoms with Gasteiger partial charge < -0.3 is 10.8 Å². The van der Waals surface area contributed by atoms with Gasteiger partial charge in [0.1, 0.15) is 11.6 Å². The highest BCUT2D eigenvalue weighted by Gasteiger charge is 2.17. The number of nitrogens with two attached hydrogens (primary N) is 1. The molecule has 0 amide bonds. The summed E-state index contributed by atoms with van der Waals surface area (Å²) in [6, 6.07) is 13.7. The molecule has 0 saturated carbocycles.